The zero-order chi connectivity index (χ0) is 12.8. The van der Waals surface area contributed by atoms with Gasteiger partial charge in [-0.25, -0.2) is 0 Å². The highest BCUT2D eigenvalue weighted by Gasteiger charge is 2.08. The molecule has 1 rings (SSSR count). The lowest BCUT2D eigenvalue weighted by Gasteiger charge is -2.08. The Balaban J connectivity index is 2.52. The first kappa shape index (κ1) is 14.6. The van der Waals surface area contributed by atoms with Crippen LogP contribution in [0.25, 0.3) is 0 Å². The van der Waals surface area contributed by atoms with Gasteiger partial charge in [0, 0.05) is 27.5 Å². The highest BCUT2D eigenvalue weighted by molar-refractivity contribution is 6.35. The van der Waals surface area contributed by atoms with Gasteiger partial charge in [-0.05, 0) is 31.0 Å². The molecule has 1 amide bonds. The summed E-state index contributed by atoms with van der Waals surface area (Å²) in [5, 5.41) is 3.77. The lowest BCUT2D eigenvalue weighted by molar-refractivity contribution is 0.0953. The number of rotatable bonds is 5. The molecule has 1 aromatic rings. The van der Waals surface area contributed by atoms with Crippen LogP contribution in [0.5, 0.6) is 0 Å². The van der Waals surface area contributed by atoms with Gasteiger partial charge in [-0.3, -0.25) is 4.79 Å². The number of hydrogen-bond acceptors (Lipinski definition) is 1. The molecule has 0 heterocycles. The van der Waals surface area contributed by atoms with Crippen molar-refractivity contribution < 1.29 is 4.79 Å². The van der Waals surface area contributed by atoms with E-state index in [9.17, 15) is 4.79 Å². The first-order valence-electron chi connectivity index (χ1n) is 5.41. The fourth-order valence-corrected chi connectivity index (χ4v) is 1.97. The third kappa shape index (κ3) is 5.15. The van der Waals surface area contributed by atoms with Crippen molar-refractivity contribution in [1.82, 2.24) is 5.32 Å². The Bertz CT molecular complexity index is 375. The summed E-state index contributed by atoms with van der Waals surface area (Å²) in [6, 6.07) is 4.76. The number of alkyl halides is 1. The molecule has 0 saturated heterocycles. The number of carbonyl (C=O) groups excluding carboxylic acids is 1. The van der Waals surface area contributed by atoms with Crippen LogP contribution < -0.4 is 5.32 Å². The van der Waals surface area contributed by atoms with Crippen molar-refractivity contribution in [3.63, 3.8) is 0 Å². The Morgan fingerprint density at radius 3 is 2.41 bits per heavy atom. The second-order valence-electron chi connectivity index (χ2n) is 3.71. The molecule has 1 aromatic carbocycles. The van der Waals surface area contributed by atoms with Gasteiger partial charge in [-0.15, -0.1) is 11.6 Å². The van der Waals surface area contributed by atoms with E-state index in [2.05, 4.69) is 5.32 Å². The average molecular weight is 295 g/mol. The van der Waals surface area contributed by atoms with Crippen molar-refractivity contribution in [2.24, 2.45) is 0 Å². The van der Waals surface area contributed by atoms with E-state index >= 15 is 0 Å². The summed E-state index contributed by atoms with van der Waals surface area (Å²) in [6.45, 7) is 2.56. The minimum Gasteiger partial charge on any atom is -0.352 e. The summed E-state index contributed by atoms with van der Waals surface area (Å²) in [4.78, 5) is 11.7. The molecule has 0 aliphatic rings. The van der Waals surface area contributed by atoms with E-state index in [1.807, 2.05) is 6.92 Å². The second-order valence-corrected chi connectivity index (χ2v) is 5.20. The smallest absolute Gasteiger partial charge is 0.251 e. The highest BCUT2D eigenvalue weighted by atomic mass is 35.5. The molecule has 1 unspecified atom stereocenters. The zero-order valence-corrected chi connectivity index (χ0v) is 11.7. The SMILES string of the molecule is CCC(Cl)CCNC(=O)c1cc(Cl)cc(Cl)c1. The largest absolute Gasteiger partial charge is 0.352 e. The van der Waals surface area contributed by atoms with Gasteiger partial charge in [0.1, 0.15) is 0 Å². The molecule has 0 radical (unpaired) electrons. The van der Waals surface area contributed by atoms with E-state index in [0.29, 0.717) is 22.2 Å². The van der Waals surface area contributed by atoms with Crippen LogP contribution in [-0.2, 0) is 0 Å². The number of halogens is 3. The Morgan fingerprint density at radius 1 is 1.29 bits per heavy atom. The number of carbonyl (C=O) groups is 1. The van der Waals surface area contributed by atoms with Gasteiger partial charge in [-0.2, -0.15) is 0 Å². The Labute approximate surface area is 116 Å². The minimum atomic E-state index is -0.186. The van der Waals surface area contributed by atoms with Crippen molar-refractivity contribution in [2.45, 2.75) is 25.1 Å². The molecule has 17 heavy (non-hydrogen) atoms. The summed E-state index contributed by atoms with van der Waals surface area (Å²) in [5.74, 6) is -0.186. The van der Waals surface area contributed by atoms with Gasteiger partial charge in [0.15, 0.2) is 0 Å². The topological polar surface area (TPSA) is 29.1 Å². The molecule has 0 aliphatic heterocycles. The van der Waals surface area contributed by atoms with Gasteiger partial charge in [0.2, 0.25) is 0 Å². The Kier molecular flexibility index (Phi) is 6.10. The van der Waals surface area contributed by atoms with E-state index in [1.54, 1.807) is 18.2 Å². The monoisotopic (exact) mass is 293 g/mol. The second kappa shape index (κ2) is 7.10. The zero-order valence-electron chi connectivity index (χ0n) is 9.47. The van der Waals surface area contributed by atoms with E-state index < -0.39 is 0 Å². The quantitative estimate of drug-likeness (QED) is 0.813. The van der Waals surface area contributed by atoms with Crippen LogP contribution in [0, 0.1) is 0 Å². The molecule has 2 nitrogen and oxygen atoms in total. The molecule has 0 aromatic heterocycles. The van der Waals surface area contributed by atoms with Crippen LogP contribution in [0.2, 0.25) is 10.0 Å². The summed E-state index contributed by atoms with van der Waals surface area (Å²) in [6.07, 6.45) is 1.64. The van der Waals surface area contributed by atoms with Crippen molar-refractivity contribution in [2.75, 3.05) is 6.54 Å². The summed E-state index contributed by atoms with van der Waals surface area (Å²) in [7, 11) is 0. The van der Waals surface area contributed by atoms with Crippen molar-refractivity contribution >= 4 is 40.7 Å². The van der Waals surface area contributed by atoms with Gasteiger partial charge in [-0.1, -0.05) is 30.1 Å². The van der Waals surface area contributed by atoms with Crippen LogP contribution >= 0.6 is 34.8 Å². The molecule has 0 bridgehead atoms. The predicted molar refractivity (Wildman–Crippen MR) is 73.3 cm³/mol. The van der Waals surface area contributed by atoms with Gasteiger partial charge in [0.25, 0.3) is 5.91 Å². The van der Waals surface area contributed by atoms with E-state index in [0.717, 1.165) is 12.8 Å². The van der Waals surface area contributed by atoms with Gasteiger partial charge < -0.3 is 5.32 Å². The van der Waals surface area contributed by atoms with Gasteiger partial charge >= 0.3 is 0 Å². The molecule has 5 heteroatoms. The molecule has 0 spiro atoms. The first-order valence-corrected chi connectivity index (χ1v) is 6.60. The third-order valence-electron chi connectivity index (χ3n) is 2.31. The molecule has 94 valence electrons. The molecule has 0 saturated carbocycles. The predicted octanol–water partition coefficient (Wildman–Crippen LogP) is 4.13. The summed E-state index contributed by atoms with van der Waals surface area (Å²) < 4.78 is 0. The van der Waals surface area contributed by atoms with Crippen molar-refractivity contribution in [3.8, 4) is 0 Å². The third-order valence-corrected chi connectivity index (χ3v) is 3.27. The normalized spacial score (nSPS) is 12.2. The number of hydrogen-bond donors (Lipinski definition) is 1. The van der Waals surface area contributed by atoms with Crippen molar-refractivity contribution in [1.29, 1.82) is 0 Å². The standard InChI is InChI=1S/C12H14Cl3NO/c1-2-9(13)3-4-16-12(17)8-5-10(14)7-11(15)6-8/h5-7,9H,2-4H2,1H3,(H,16,17). The van der Waals surface area contributed by atoms with Crippen LogP contribution in [-0.4, -0.2) is 17.8 Å². The Hall–Kier alpha value is -0.440. The number of amides is 1. The number of nitrogens with one attached hydrogen (secondary N) is 1. The fourth-order valence-electron chi connectivity index (χ4n) is 1.33. The lowest BCUT2D eigenvalue weighted by Crippen LogP contribution is -2.26. The maximum atomic E-state index is 11.7. The highest BCUT2D eigenvalue weighted by Crippen LogP contribution is 2.18. The maximum absolute atomic E-state index is 11.7. The fraction of sp³-hybridized carbons (Fsp3) is 0.417. The van der Waals surface area contributed by atoms with Crippen LogP contribution in [0.15, 0.2) is 18.2 Å². The lowest BCUT2D eigenvalue weighted by atomic mass is 10.2. The molecule has 0 aliphatic carbocycles. The first-order chi connectivity index (χ1) is 8.02. The molecule has 0 fully saturated rings. The van der Waals surface area contributed by atoms with E-state index in [1.165, 1.54) is 0 Å². The molecular weight excluding hydrogens is 280 g/mol. The molecule has 1 N–H and O–H groups in total. The van der Waals surface area contributed by atoms with Crippen LogP contribution in [0.1, 0.15) is 30.1 Å². The summed E-state index contributed by atoms with van der Waals surface area (Å²) >= 11 is 17.6. The molecule has 1 atom stereocenters. The Morgan fingerprint density at radius 2 is 1.88 bits per heavy atom. The summed E-state index contributed by atoms with van der Waals surface area (Å²) in [5.41, 5.74) is 0.463. The van der Waals surface area contributed by atoms with E-state index in [-0.39, 0.29) is 11.3 Å². The minimum absolute atomic E-state index is 0.0956. The van der Waals surface area contributed by atoms with E-state index in [4.69, 9.17) is 34.8 Å². The van der Waals surface area contributed by atoms with Gasteiger partial charge in [0.05, 0.1) is 0 Å². The van der Waals surface area contributed by atoms with Crippen LogP contribution in [0.3, 0.4) is 0 Å². The molecular formula is C12H14Cl3NO. The van der Waals surface area contributed by atoms with Crippen LogP contribution in [0.4, 0.5) is 0 Å². The average Bonchev–Trinajstić information content (AvgIpc) is 2.27. The van der Waals surface area contributed by atoms with Crippen molar-refractivity contribution in [3.05, 3.63) is 33.8 Å². The maximum Gasteiger partial charge on any atom is 0.251 e. The number of benzene rings is 1.